The van der Waals surface area contributed by atoms with Crippen LogP contribution in [0, 0.1) is 6.33 Å². The van der Waals surface area contributed by atoms with Gasteiger partial charge in [0, 0.05) is 7.05 Å². The number of aromatic nitrogens is 3. The van der Waals surface area contributed by atoms with Crippen molar-refractivity contribution in [3.05, 3.63) is 12.2 Å². The van der Waals surface area contributed by atoms with Crippen molar-refractivity contribution in [1.82, 2.24) is 14.8 Å². The number of alkyl halides is 3. The van der Waals surface area contributed by atoms with Crippen molar-refractivity contribution in [1.29, 1.82) is 0 Å². The topological polar surface area (TPSA) is 30.7 Å². The van der Waals surface area contributed by atoms with E-state index in [-0.39, 0.29) is 0 Å². The van der Waals surface area contributed by atoms with Gasteiger partial charge in [0.1, 0.15) is 0 Å². The van der Waals surface area contributed by atoms with Gasteiger partial charge in [0.25, 0.3) is 0 Å². The largest absolute Gasteiger partial charge is 0.451 e. The first-order valence-corrected chi connectivity index (χ1v) is 2.36. The second-order valence-corrected chi connectivity index (χ2v) is 1.68. The van der Waals surface area contributed by atoms with Crippen molar-refractivity contribution in [2.24, 2.45) is 7.05 Å². The predicted octanol–water partition coefficient (Wildman–Crippen LogP) is 0.634. The zero-order chi connectivity index (χ0) is 7.78. The van der Waals surface area contributed by atoms with Crippen LogP contribution in [0.4, 0.5) is 13.2 Å². The van der Waals surface area contributed by atoms with Gasteiger partial charge in [-0.05, 0) is 0 Å². The third kappa shape index (κ3) is 1.09. The van der Waals surface area contributed by atoms with Crippen molar-refractivity contribution >= 4 is 0 Å². The second-order valence-electron chi connectivity index (χ2n) is 1.68. The molecule has 10 heavy (non-hydrogen) atoms. The van der Waals surface area contributed by atoms with Crippen LogP contribution >= 0.6 is 0 Å². The molecule has 1 radical (unpaired) electrons. The van der Waals surface area contributed by atoms with E-state index >= 15 is 0 Å². The van der Waals surface area contributed by atoms with Gasteiger partial charge in [-0.3, -0.25) is 0 Å². The minimum absolute atomic E-state index is 0.694. The molecule has 0 bridgehead atoms. The summed E-state index contributed by atoms with van der Waals surface area (Å²) in [6.45, 7) is 0. The Hall–Kier alpha value is -1.07. The van der Waals surface area contributed by atoms with E-state index in [9.17, 15) is 13.2 Å². The summed E-state index contributed by atoms with van der Waals surface area (Å²) in [5.41, 5.74) is 0. The first-order valence-electron chi connectivity index (χ1n) is 2.36. The molecule has 0 saturated heterocycles. The summed E-state index contributed by atoms with van der Waals surface area (Å²) in [6.07, 6.45) is -2.42. The lowest BCUT2D eigenvalue weighted by molar-refractivity contribution is -0.147. The summed E-state index contributed by atoms with van der Waals surface area (Å²) in [6, 6.07) is 0. The lowest BCUT2D eigenvalue weighted by Crippen LogP contribution is -2.12. The maximum atomic E-state index is 11.7. The van der Waals surface area contributed by atoms with E-state index in [4.69, 9.17) is 0 Å². The summed E-state index contributed by atoms with van der Waals surface area (Å²) < 4.78 is 35.9. The monoisotopic (exact) mass is 150 g/mol. The van der Waals surface area contributed by atoms with Gasteiger partial charge < -0.3 is 4.57 Å². The Morgan fingerprint density at radius 3 is 2.30 bits per heavy atom. The highest BCUT2D eigenvalue weighted by Crippen LogP contribution is 2.25. The Labute approximate surface area is 54.5 Å². The molecule has 0 aromatic carbocycles. The van der Waals surface area contributed by atoms with E-state index < -0.39 is 12.0 Å². The van der Waals surface area contributed by atoms with Crippen LogP contribution in [-0.4, -0.2) is 14.8 Å². The summed E-state index contributed by atoms with van der Waals surface area (Å²) >= 11 is 0. The summed E-state index contributed by atoms with van der Waals surface area (Å²) in [4.78, 5) is 0. The van der Waals surface area contributed by atoms with E-state index in [1.165, 1.54) is 7.05 Å². The maximum absolute atomic E-state index is 11.7. The average Bonchev–Trinajstić information content (AvgIpc) is 2.11. The van der Waals surface area contributed by atoms with Crippen LogP contribution in [0.15, 0.2) is 0 Å². The third-order valence-corrected chi connectivity index (χ3v) is 0.911. The van der Waals surface area contributed by atoms with E-state index in [1.807, 2.05) is 6.33 Å². The number of aryl methyl sites for hydroxylation is 1. The zero-order valence-corrected chi connectivity index (χ0v) is 4.98. The molecule has 0 atom stereocenters. The quantitative estimate of drug-likeness (QED) is 0.543. The lowest BCUT2D eigenvalue weighted by Gasteiger charge is -2.02. The van der Waals surface area contributed by atoms with Crippen LogP contribution in [0.25, 0.3) is 0 Å². The Kier molecular flexibility index (Phi) is 1.38. The molecule has 1 aromatic heterocycles. The Balaban J connectivity index is 3.05. The van der Waals surface area contributed by atoms with Crippen LogP contribution in [0.3, 0.4) is 0 Å². The zero-order valence-electron chi connectivity index (χ0n) is 4.98. The summed E-state index contributed by atoms with van der Waals surface area (Å²) in [7, 11) is 1.18. The molecule has 0 aliphatic rings. The van der Waals surface area contributed by atoms with Gasteiger partial charge in [-0.15, -0.1) is 10.2 Å². The molecule has 0 amide bonds. The Bertz CT molecular complexity index is 226. The normalized spacial score (nSPS) is 12.0. The molecular weight excluding hydrogens is 147 g/mol. The molecule has 1 heterocycles. The number of nitrogens with zero attached hydrogens (tertiary/aromatic N) is 3. The lowest BCUT2D eigenvalue weighted by atomic mass is 10.6. The third-order valence-electron chi connectivity index (χ3n) is 0.911. The molecule has 1 aromatic rings. The fourth-order valence-electron chi connectivity index (χ4n) is 0.498. The van der Waals surface area contributed by atoms with Gasteiger partial charge in [-0.1, -0.05) is 0 Å². The Morgan fingerprint density at radius 2 is 2.10 bits per heavy atom. The number of hydrogen-bond donors (Lipinski definition) is 0. The van der Waals surface area contributed by atoms with Crippen molar-refractivity contribution < 1.29 is 13.2 Å². The molecule has 0 unspecified atom stereocenters. The molecule has 0 spiro atoms. The van der Waals surface area contributed by atoms with Gasteiger partial charge in [0.15, 0.2) is 0 Å². The van der Waals surface area contributed by atoms with Crippen LogP contribution in [-0.2, 0) is 13.2 Å². The second kappa shape index (κ2) is 1.96. The van der Waals surface area contributed by atoms with E-state index in [1.54, 1.807) is 0 Å². The molecule has 0 aliphatic heterocycles. The fraction of sp³-hybridized carbons (Fsp3) is 0.500. The molecular formula is C4H3F3N3. The molecule has 0 aliphatic carbocycles. The van der Waals surface area contributed by atoms with Crippen LogP contribution in [0.2, 0.25) is 0 Å². The van der Waals surface area contributed by atoms with E-state index in [0.29, 0.717) is 4.57 Å². The SMILES string of the molecule is Cn1[c]nnc1C(F)(F)F. The molecule has 1 rings (SSSR count). The molecule has 0 fully saturated rings. The van der Waals surface area contributed by atoms with Crippen LogP contribution < -0.4 is 0 Å². The van der Waals surface area contributed by atoms with Gasteiger partial charge in [-0.2, -0.15) is 13.2 Å². The highest BCUT2D eigenvalue weighted by atomic mass is 19.4. The smallest absolute Gasteiger partial charge is 0.304 e. The van der Waals surface area contributed by atoms with Gasteiger partial charge in [0.2, 0.25) is 12.2 Å². The molecule has 0 N–H and O–H groups in total. The number of halogens is 3. The summed E-state index contributed by atoms with van der Waals surface area (Å²) in [5.74, 6) is -1.03. The van der Waals surface area contributed by atoms with Crippen molar-refractivity contribution in [2.45, 2.75) is 6.18 Å². The Morgan fingerprint density at radius 1 is 1.50 bits per heavy atom. The van der Waals surface area contributed by atoms with Crippen LogP contribution in [0.5, 0.6) is 0 Å². The molecule has 0 saturated carbocycles. The average molecular weight is 150 g/mol. The number of rotatable bonds is 0. The van der Waals surface area contributed by atoms with Crippen molar-refractivity contribution in [3.8, 4) is 0 Å². The van der Waals surface area contributed by atoms with Gasteiger partial charge in [0.05, 0.1) is 0 Å². The summed E-state index contributed by atoms with van der Waals surface area (Å²) in [5, 5.41) is 5.78. The van der Waals surface area contributed by atoms with E-state index in [0.717, 1.165) is 0 Å². The standard InChI is InChI=1S/C4H3F3N3/c1-10-2-8-9-3(10)4(5,6)7/h1H3. The molecule has 55 valence electrons. The first kappa shape index (κ1) is 7.04. The van der Waals surface area contributed by atoms with Crippen molar-refractivity contribution in [3.63, 3.8) is 0 Å². The molecule has 3 nitrogen and oxygen atoms in total. The maximum Gasteiger partial charge on any atom is 0.451 e. The molecule has 6 heteroatoms. The minimum Gasteiger partial charge on any atom is -0.304 e. The van der Waals surface area contributed by atoms with Crippen molar-refractivity contribution in [2.75, 3.05) is 0 Å². The van der Waals surface area contributed by atoms with Crippen LogP contribution in [0.1, 0.15) is 5.82 Å². The highest BCUT2D eigenvalue weighted by molar-refractivity contribution is 4.88. The van der Waals surface area contributed by atoms with E-state index in [2.05, 4.69) is 10.2 Å². The van der Waals surface area contributed by atoms with Gasteiger partial charge >= 0.3 is 6.18 Å². The number of hydrogen-bond acceptors (Lipinski definition) is 2. The van der Waals surface area contributed by atoms with Gasteiger partial charge in [-0.25, -0.2) is 0 Å². The fourth-order valence-corrected chi connectivity index (χ4v) is 0.498. The predicted molar refractivity (Wildman–Crippen MR) is 24.8 cm³/mol. The highest BCUT2D eigenvalue weighted by Gasteiger charge is 2.36. The first-order chi connectivity index (χ1) is 4.52. The minimum atomic E-state index is -4.43.